The molecule has 3 unspecified atom stereocenters. The second kappa shape index (κ2) is 10.3. The highest BCUT2D eigenvalue weighted by Gasteiger charge is 2.37. The molecule has 0 bridgehead atoms. The number of ether oxygens (including phenoxy) is 2. The summed E-state index contributed by atoms with van der Waals surface area (Å²) in [7, 11) is 0. The van der Waals surface area contributed by atoms with Crippen molar-refractivity contribution < 1.29 is 19.1 Å². The van der Waals surface area contributed by atoms with E-state index in [2.05, 4.69) is 11.4 Å². The smallest absolute Gasteiger partial charge is 0.410 e. The molecule has 0 radical (unpaired) electrons. The molecule has 0 aromatic rings. The van der Waals surface area contributed by atoms with Gasteiger partial charge in [-0.25, -0.2) is 4.79 Å². The topological polar surface area (TPSA) is 94.9 Å². The average molecular weight is 366 g/mol. The predicted molar refractivity (Wildman–Crippen MR) is 95.3 cm³/mol. The number of morpholine rings is 1. The zero-order chi connectivity index (χ0) is 18.9. The predicted octanol–water partition coefficient (Wildman–Crippen LogP) is 0.974. The molecule has 2 fully saturated rings. The van der Waals surface area contributed by atoms with Crippen LogP contribution < -0.4 is 5.32 Å². The van der Waals surface area contributed by atoms with E-state index in [-0.39, 0.29) is 24.3 Å². The van der Waals surface area contributed by atoms with Crippen LogP contribution in [-0.4, -0.2) is 79.9 Å². The molecule has 8 heteroatoms. The molecule has 2 aliphatic heterocycles. The number of carbonyl (C=O) groups excluding carboxylic acids is 2. The van der Waals surface area contributed by atoms with Gasteiger partial charge in [-0.1, -0.05) is 13.8 Å². The van der Waals surface area contributed by atoms with Crippen molar-refractivity contribution in [3.63, 3.8) is 0 Å². The van der Waals surface area contributed by atoms with Crippen LogP contribution in [0.4, 0.5) is 4.79 Å². The van der Waals surface area contributed by atoms with Gasteiger partial charge in [-0.05, 0) is 19.4 Å². The van der Waals surface area contributed by atoms with Crippen LogP contribution in [0.3, 0.4) is 0 Å². The third-order valence-corrected chi connectivity index (χ3v) is 5.12. The first-order valence-corrected chi connectivity index (χ1v) is 9.49. The molecular formula is C18H30N4O4. The van der Waals surface area contributed by atoms with Crippen molar-refractivity contribution in [3.8, 4) is 6.07 Å². The van der Waals surface area contributed by atoms with Gasteiger partial charge in [-0.2, -0.15) is 5.26 Å². The fourth-order valence-corrected chi connectivity index (χ4v) is 3.27. The Morgan fingerprint density at radius 2 is 2.15 bits per heavy atom. The highest BCUT2D eigenvalue weighted by atomic mass is 16.6. The van der Waals surface area contributed by atoms with Crippen molar-refractivity contribution in [3.05, 3.63) is 0 Å². The number of nitriles is 1. The molecule has 3 atom stereocenters. The Balaban J connectivity index is 2.10. The molecule has 2 aliphatic rings. The second-order valence-corrected chi connectivity index (χ2v) is 6.88. The number of hydrogen-bond donors (Lipinski definition) is 1. The van der Waals surface area contributed by atoms with Crippen LogP contribution in [0.25, 0.3) is 0 Å². The quantitative estimate of drug-likeness (QED) is 0.721. The number of rotatable bonds is 7. The van der Waals surface area contributed by atoms with E-state index in [1.54, 1.807) is 9.80 Å². The zero-order valence-electron chi connectivity index (χ0n) is 15.8. The third kappa shape index (κ3) is 5.32. The summed E-state index contributed by atoms with van der Waals surface area (Å²) in [4.78, 5) is 29.0. The van der Waals surface area contributed by atoms with Crippen LogP contribution in [0.5, 0.6) is 0 Å². The van der Waals surface area contributed by atoms with Crippen LogP contribution >= 0.6 is 0 Å². The molecule has 1 N–H and O–H groups in total. The molecule has 8 nitrogen and oxygen atoms in total. The summed E-state index contributed by atoms with van der Waals surface area (Å²) >= 11 is 0. The van der Waals surface area contributed by atoms with Crippen molar-refractivity contribution in [2.24, 2.45) is 5.92 Å². The Bertz CT molecular complexity index is 510. The highest BCUT2D eigenvalue weighted by molar-refractivity contribution is 5.84. The summed E-state index contributed by atoms with van der Waals surface area (Å²) in [5.74, 6) is -0.281. The summed E-state index contributed by atoms with van der Waals surface area (Å²) < 4.78 is 10.9. The lowest BCUT2D eigenvalue weighted by molar-refractivity contribution is -0.146. The molecule has 2 saturated heterocycles. The molecule has 0 spiro atoms. The monoisotopic (exact) mass is 366 g/mol. The second-order valence-electron chi connectivity index (χ2n) is 6.88. The lowest BCUT2D eigenvalue weighted by Gasteiger charge is -2.34. The van der Waals surface area contributed by atoms with Crippen LogP contribution in [0, 0.1) is 17.2 Å². The maximum Gasteiger partial charge on any atom is 0.410 e. The zero-order valence-corrected chi connectivity index (χ0v) is 15.8. The Morgan fingerprint density at radius 3 is 2.73 bits per heavy atom. The van der Waals surface area contributed by atoms with Crippen LogP contribution in [0.2, 0.25) is 0 Å². The Hall–Kier alpha value is -1.85. The van der Waals surface area contributed by atoms with E-state index in [0.717, 1.165) is 19.4 Å². The Kier molecular flexibility index (Phi) is 8.13. The molecule has 0 aromatic carbocycles. The number of nitrogens with one attached hydrogen (secondary N) is 1. The molecule has 146 valence electrons. The van der Waals surface area contributed by atoms with E-state index >= 15 is 0 Å². The van der Waals surface area contributed by atoms with Crippen molar-refractivity contribution in [2.45, 2.75) is 45.3 Å². The van der Waals surface area contributed by atoms with Gasteiger partial charge in [0.1, 0.15) is 0 Å². The summed E-state index contributed by atoms with van der Waals surface area (Å²) in [5, 5.41) is 12.2. The number of nitrogens with zero attached hydrogens (tertiary/aromatic N) is 3. The fraction of sp³-hybridized carbons (Fsp3) is 0.833. The summed E-state index contributed by atoms with van der Waals surface area (Å²) in [6.45, 7) is 7.75. The molecular weight excluding hydrogens is 336 g/mol. The summed E-state index contributed by atoms with van der Waals surface area (Å²) in [6.07, 6.45) is 0.558. The molecule has 26 heavy (non-hydrogen) atoms. The molecule has 2 heterocycles. The van der Waals surface area contributed by atoms with Gasteiger partial charge in [0.25, 0.3) is 5.91 Å². The minimum absolute atomic E-state index is 0.0458. The number of amides is 2. The standard InChI is InChI=1S/C18H30N4O4/c1-3-14(2)16(26-18(24)21-9-11-25-12-10-21)17(23)22(8-4-6-19)15-5-7-20-13-15/h14-16,20H,3-5,7-13H2,1-2H3. The maximum absolute atomic E-state index is 13.2. The largest absolute Gasteiger partial charge is 0.436 e. The minimum Gasteiger partial charge on any atom is -0.436 e. The third-order valence-electron chi connectivity index (χ3n) is 5.12. The van der Waals surface area contributed by atoms with Gasteiger partial charge in [0, 0.05) is 38.1 Å². The molecule has 0 aliphatic carbocycles. The lowest BCUT2D eigenvalue weighted by atomic mass is 9.99. The molecule has 2 rings (SSSR count). The maximum atomic E-state index is 13.2. The lowest BCUT2D eigenvalue weighted by Crippen LogP contribution is -2.51. The van der Waals surface area contributed by atoms with Gasteiger partial charge in [-0.15, -0.1) is 0 Å². The van der Waals surface area contributed by atoms with E-state index in [1.165, 1.54) is 0 Å². The first-order valence-electron chi connectivity index (χ1n) is 9.49. The van der Waals surface area contributed by atoms with E-state index < -0.39 is 12.2 Å². The minimum atomic E-state index is -0.824. The van der Waals surface area contributed by atoms with Gasteiger partial charge >= 0.3 is 6.09 Å². The first-order chi connectivity index (χ1) is 12.6. The average Bonchev–Trinajstić information content (AvgIpc) is 3.20. The van der Waals surface area contributed by atoms with Crippen molar-refractivity contribution in [2.75, 3.05) is 45.9 Å². The fourth-order valence-electron chi connectivity index (χ4n) is 3.27. The first kappa shape index (κ1) is 20.5. The van der Waals surface area contributed by atoms with E-state index in [4.69, 9.17) is 14.7 Å². The molecule has 2 amide bonds. The van der Waals surface area contributed by atoms with Crippen molar-refractivity contribution in [1.29, 1.82) is 5.26 Å². The SMILES string of the molecule is CCC(C)C(OC(=O)N1CCOCC1)C(=O)N(CCC#N)C1CCNC1. The number of carbonyl (C=O) groups is 2. The van der Waals surface area contributed by atoms with Crippen molar-refractivity contribution in [1.82, 2.24) is 15.1 Å². The van der Waals surface area contributed by atoms with Gasteiger partial charge in [-0.3, -0.25) is 4.79 Å². The van der Waals surface area contributed by atoms with Gasteiger partial charge in [0.2, 0.25) is 0 Å². The molecule has 0 aromatic heterocycles. The van der Waals surface area contributed by atoms with Crippen LogP contribution in [-0.2, 0) is 14.3 Å². The highest BCUT2D eigenvalue weighted by Crippen LogP contribution is 2.20. The van der Waals surface area contributed by atoms with Crippen LogP contribution in [0.1, 0.15) is 33.1 Å². The Morgan fingerprint density at radius 1 is 1.42 bits per heavy atom. The Labute approximate surface area is 155 Å². The van der Waals surface area contributed by atoms with E-state index in [0.29, 0.717) is 39.4 Å². The van der Waals surface area contributed by atoms with Gasteiger partial charge in [0.15, 0.2) is 6.10 Å². The van der Waals surface area contributed by atoms with Crippen molar-refractivity contribution >= 4 is 12.0 Å². The van der Waals surface area contributed by atoms with Gasteiger partial charge in [0.05, 0.1) is 25.7 Å². The normalized spacial score (nSPS) is 22.3. The number of hydrogen-bond acceptors (Lipinski definition) is 6. The summed E-state index contributed by atoms with van der Waals surface area (Å²) in [5.41, 5.74) is 0. The summed E-state index contributed by atoms with van der Waals surface area (Å²) in [6, 6.07) is 2.15. The molecule has 0 saturated carbocycles. The van der Waals surface area contributed by atoms with Gasteiger partial charge < -0.3 is 24.6 Å². The van der Waals surface area contributed by atoms with E-state index in [1.807, 2.05) is 13.8 Å². The van der Waals surface area contributed by atoms with E-state index in [9.17, 15) is 9.59 Å². The van der Waals surface area contributed by atoms with Crippen LogP contribution in [0.15, 0.2) is 0 Å².